The van der Waals surface area contributed by atoms with Gasteiger partial charge < -0.3 is 10.8 Å². The van der Waals surface area contributed by atoms with Crippen LogP contribution in [0, 0.1) is 0 Å². The zero-order valence-corrected chi connectivity index (χ0v) is 12.2. The Balaban J connectivity index is 2.35. The molecule has 0 aromatic carbocycles. The molecule has 21 heavy (non-hydrogen) atoms. The number of rotatable bonds is 3. The van der Waals surface area contributed by atoms with E-state index in [1.54, 1.807) is 29.8 Å². The zero-order valence-electron chi connectivity index (χ0n) is 11.4. The van der Waals surface area contributed by atoms with Gasteiger partial charge in [-0.1, -0.05) is 18.7 Å². The molecule has 1 aromatic heterocycles. The number of aliphatic hydroxyl groups excluding tert-OH is 1. The smallest absolute Gasteiger partial charge is 0.160 e. The number of hydrogen-bond acceptors (Lipinski definition) is 5. The number of nitrogens with zero attached hydrogens (tertiary/aromatic N) is 2. The normalized spacial score (nSPS) is 21.4. The first-order valence-electron chi connectivity index (χ1n) is 6.37. The van der Waals surface area contributed by atoms with Crippen LogP contribution in [0.3, 0.4) is 0 Å². The van der Waals surface area contributed by atoms with Gasteiger partial charge in [0.05, 0.1) is 5.69 Å². The van der Waals surface area contributed by atoms with Crippen LogP contribution >= 0.6 is 11.8 Å². The molecular formula is C15H16FN3OS. The standard InChI is InChI=1S/C15H16FN3OS/c1-10-3-2-4-11(16)8-21-9-12(10)15-18-6-5-13(19-15)14(20)7-17/h2-6,9,14,20H,1,7-8,17H2/b3-2-,11-4+,12-9?. The van der Waals surface area contributed by atoms with Crippen molar-refractivity contribution in [1.29, 1.82) is 0 Å². The molecule has 0 bridgehead atoms. The quantitative estimate of drug-likeness (QED) is 0.898. The van der Waals surface area contributed by atoms with Crippen LogP contribution in [-0.4, -0.2) is 27.4 Å². The molecule has 0 amide bonds. The summed E-state index contributed by atoms with van der Waals surface area (Å²) in [6, 6.07) is 1.61. The molecule has 0 fully saturated rings. The lowest BCUT2D eigenvalue weighted by atomic mass is 10.1. The number of aromatic nitrogens is 2. The lowest BCUT2D eigenvalue weighted by Gasteiger charge is -2.10. The topological polar surface area (TPSA) is 72.0 Å². The molecule has 6 heteroatoms. The molecule has 0 spiro atoms. The highest BCUT2D eigenvalue weighted by atomic mass is 32.2. The molecule has 1 aliphatic heterocycles. The first-order valence-corrected chi connectivity index (χ1v) is 7.42. The van der Waals surface area contributed by atoms with Crippen molar-refractivity contribution in [1.82, 2.24) is 9.97 Å². The van der Waals surface area contributed by atoms with E-state index in [2.05, 4.69) is 16.5 Å². The van der Waals surface area contributed by atoms with Crippen LogP contribution < -0.4 is 5.73 Å². The molecule has 110 valence electrons. The van der Waals surface area contributed by atoms with Gasteiger partial charge in [-0.05, 0) is 23.1 Å². The maximum Gasteiger partial charge on any atom is 0.160 e. The Morgan fingerprint density at radius 2 is 2.33 bits per heavy atom. The molecule has 2 rings (SSSR count). The summed E-state index contributed by atoms with van der Waals surface area (Å²) >= 11 is 1.30. The Kier molecular flexibility index (Phi) is 5.44. The summed E-state index contributed by atoms with van der Waals surface area (Å²) in [6.07, 6.45) is 5.44. The molecule has 0 saturated carbocycles. The van der Waals surface area contributed by atoms with Gasteiger partial charge in [0, 0.05) is 24.1 Å². The fraction of sp³-hybridized carbons (Fsp3) is 0.200. The van der Waals surface area contributed by atoms with Crippen molar-refractivity contribution >= 4 is 17.3 Å². The van der Waals surface area contributed by atoms with Gasteiger partial charge in [-0.25, -0.2) is 14.4 Å². The maximum atomic E-state index is 13.3. The summed E-state index contributed by atoms with van der Waals surface area (Å²) in [5.74, 6) is 0.464. The third-order valence-electron chi connectivity index (χ3n) is 2.83. The van der Waals surface area contributed by atoms with Crippen molar-refractivity contribution in [3.8, 4) is 0 Å². The average Bonchev–Trinajstić information content (AvgIpc) is 2.57. The average molecular weight is 305 g/mol. The zero-order chi connectivity index (χ0) is 15.2. The summed E-state index contributed by atoms with van der Waals surface area (Å²) in [6.45, 7) is 4.03. The van der Waals surface area contributed by atoms with Gasteiger partial charge in [-0.3, -0.25) is 0 Å². The molecule has 2 heterocycles. The molecule has 3 N–H and O–H groups in total. The fourth-order valence-electron chi connectivity index (χ4n) is 1.69. The largest absolute Gasteiger partial charge is 0.385 e. The maximum absolute atomic E-state index is 13.3. The van der Waals surface area contributed by atoms with Crippen LogP contribution in [0.15, 0.2) is 53.9 Å². The Hall–Kier alpha value is -1.76. The van der Waals surface area contributed by atoms with Gasteiger partial charge >= 0.3 is 0 Å². The number of allylic oxidation sites excluding steroid dienone is 5. The second-order valence-corrected chi connectivity index (χ2v) is 5.25. The van der Waals surface area contributed by atoms with Gasteiger partial charge in [-0.2, -0.15) is 0 Å². The van der Waals surface area contributed by atoms with Crippen LogP contribution in [0.2, 0.25) is 0 Å². The minimum Gasteiger partial charge on any atom is -0.385 e. The molecule has 1 atom stereocenters. The van der Waals surface area contributed by atoms with Crippen molar-refractivity contribution in [2.24, 2.45) is 5.73 Å². The second-order valence-electron chi connectivity index (χ2n) is 4.40. The van der Waals surface area contributed by atoms with Gasteiger partial charge in [0.25, 0.3) is 0 Å². The van der Waals surface area contributed by atoms with Crippen molar-refractivity contribution in [2.45, 2.75) is 6.10 Å². The fourth-order valence-corrected chi connectivity index (χ4v) is 2.45. The molecule has 1 aromatic rings. The summed E-state index contributed by atoms with van der Waals surface area (Å²) in [5.41, 5.74) is 7.26. The number of halogens is 1. The van der Waals surface area contributed by atoms with Gasteiger partial charge in [0.1, 0.15) is 11.9 Å². The second kappa shape index (κ2) is 7.31. The highest BCUT2D eigenvalue weighted by Crippen LogP contribution is 2.26. The first-order chi connectivity index (χ1) is 10.1. The summed E-state index contributed by atoms with van der Waals surface area (Å²) in [4.78, 5) is 8.51. The van der Waals surface area contributed by atoms with E-state index < -0.39 is 6.10 Å². The lowest BCUT2D eigenvalue weighted by molar-refractivity contribution is 0.181. The van der Waals surface area contributed by atoms with E-state index in [-0.39, 0.29) is 18.1 Å². The molecular weight excluding hydrogens is 289 g/mol. The van der Waals surface area contributed by atoms with E-state index in [1.165, 1.54) is 17.8 Å². The Bertz CT molecular complexity index is 625. The Labute approximate surface area is 127 Å². The number of aliphatic hydroxyl groups is 1. The number of nitrogens with two attached hydrogens (primary N) is 1. The van der Waals surface area contributed by atoms with Gasteiger partial charge in [0.2, 0.25) is 0 Å². The van der Waals surface area contributed by atoms with Crippen LogP contribution in [-0.2, 0) is 0 Å². The van der Waals surface area contributed by atoms with Crippen LogP contribution in [0.4, 0.5) is 4.39 Å². The molecule has 0 saturated heterocycles. The number of thioether (sulfide) groups is 1. The van der Waals surface area contributed by atoms with Crippen LogP contribution in [0.25, 0.3) is 5.57 Å². The lowest BCUT2D eigenvalue weighted by Crippen LogP contribution is -2.14. The van der Waals surface area contributed by atoms with E-state index in [1.807, 2.05) is 0 Å². The predicted octanol–water partition coefficient (Wildman–Crippen LogP) is 2.52. The van der Waals surface area contributed by atoms with Crippen LogP contribution in [0.1, 0.15) is 17.6 Å². The summed E-state index contributed by atoms with van der Waals surface area (Å²) < 4.78 is 13.3. The third kappa shape index (κ3) is 4.10. The SMILES string of the molecule is C=C1/C=C\C=C(\F)CSC=C1c1nccc(C(O)CN)n1. The van der Waals surface area contributed by atoms with E-state index in [9.17, 15) is 9.50 Å². The monoisotopic (exact) mass is 305 g/mol. The Morgan fingerprint density at radius 3 is 3.10 bits per heavy atom. The van der Waals surface area contributed by atoms with Crippen molar-refractivity contribution < 1.29 is 9.50 Å². The minimum atomic E-state index is -0.834. The van der Waals surface area contributed by atoms with E-state index in [0.717, 1.165) is 0 Å². The summed E-state index contributed by atoms with van der Waals surface area (Å²) in [5, 5.41) is 11.5. The van der Waals surface area contributed by atoms with Crippen LogP contribution in [0.5, 0.6) is 0 Å². The van der Waals surface area contributed by atoms with Crippen molar-refractivity contribution in [2.75, 3.05) is 12.3 Å². The molecule has 0 radical (unpaired) electrons. The highest BCUT2D eigenvalue weighted by molar-refractivity contribution is 8.02. The van der Waals surface area contributed by atoms with E-state index >= 15 is 0 Å². The van der Waals surface area contributed by atoms with Crippen molar-refractivity contribution in [3.05, 3.63) is 65.4 Å². The highest BCUT2D eigenvalue weighted by Gasteiger charge is 2.13. The van der Waals surface area contributed by atoms with Crippen molar-refractivity contribution in [3.63, 3.8) is 0 Å². The molecule has 1 aliphatic rings. The van der Waals surface area contributed by atoms with E-state index in [4.69, 9.17) is 5.73 Å². The van der Waals surface area contributed by atoms with Gasteiger partial charge in [0.15, 0.2) is 5.82 Å². The molecule has 1 unspecified atom stereocenters. The molecule has 4 nitrogen and oxygen atoms in total. The Morgan fingerprint density at radius 1 is 1.52 bits per heavy atom. The van der Waals surface area contributed by atoms with E-state index in [0.29, 0.717) is 22.7 Å². The summed E-state index contributed by atoms with van der Waals surface area (Å²) in [7, 11) is 0. The molecule has 0 aliphatic carbocycles. The third-order valence-corrected chi connectivity index (χ3v) is 3.67. The van der Waals surface area contributed by atoms with Gasteiger partial charge in [-0.15, -0.1) is 11.8 Å². The first kappa shape index (κ1) is 15.6. The number of hydrogen-bond donors (Lipinski definition) is 2. The minimum absolute atomic E-state index is 0.0836. The predicted molar refractivity (Wildman–Crippen MR) is 84.0 cm³/mol.